The first kappa shape index (κ1) is 21.8. The van der Waals surface area contributed by atoms with Gasteiger partial charge in [-0.15, -0.1) is 0 Å². The van der Waals surface area contributed by atoms with Crippen LogP contribution in [0.15, 0.2) is 24.3 Å². The number of benzene rings is 2. The van der Waals surface area contributed by atoms with Crippen LogP contribution >= 0.6 is 0 Å². The molecule has 1 aliphatic heterocycles. The topological polar surface area (TPSA) is 18.5 Å². The molecule has 0 amide bonds. The molecule has 2 nitrogen and oxygen atoms in total. The van der Waals surface area contributed by atoms with Crippen LogP contribution < -0.4 is 0 Å². The summed E-state index contributed by atoms with van der Waals surface area (Å²) in [6.45, 7) is 4.68. The molecule has 0 radical (unpaired) electrons. The quantitative estimate of drug-likeness (QED) is 0.497. The van der Waals surface area contributed by atoms with Crippen molar-refractivity contribution in [2.45, 2.75) is 52.2 Å². The maximum Gasteiger partial charge on any atom is 0.157 e. The van der Waals surface area contributed by atoms with Gasteiger partial charge in [-0.1, -0.05) is 19.8 Å². The Morgan fingerprint density at radius 2 is 1.45 bits per heavy atom. The third-order valence-corrected chi connectivity index (χ3v) is 5.34. The molecule has 0 atom stereocenters. The van der Waals surface area contributed by atoms with Gasteiger partial charge in [-0.05, 0) is 55.2 Å². The average molecular weight is 410 g/mol. The number of ether oxygens (including phenoxy) is 2. The van der Waals surface area contributed by atoms with Crippen molar-refractivity contribution in [1.29, 1.82) is 0 Å². The van der Waals surface area contributed by atoms with E-state index in [1.807, 2.05) is 0 Å². The summed E-state index contributed by atoms with van der Waals surface area (Å²) in [5, 5.41) is 0. The first-order chi connectivity index (χ1) is 13.9. The molecule has 29 heavy (non-hydrogen) atoms. The fourth-order valence-electron chi connectivity index (χ4n) is 3.53. The highest BCUT2D eigenvalue weighted by molar-refractivity contribution is 5.66. The van der Waals surface area contributed by atoms with E-state index in [1.165, 1.54) is 19.1 Å². The van der Waals surface area contributed by atoms with Crippen LogP contribution in [-0.2, 0) is 15.9 Å². The molecular formula is C23H26F4O2. The van der Waals surface area contributed by atoms with E-state index < -0.39 is 28.8 Å². The van der Waals surface area contributed by atoms with Crippen LogP contribution in [0.3, 0.4) is 0 Å². The van der Waals surface area contributed by atoms with Crippen LogP contribution in [0.4, 0.5) is 17.6 Å². The lowest BCUT2D eigenvalue weighted by Gasteiger charge is -2.29. The van der Waals surface area contributed by atoms with Crippen molar-refractivity contribution in [3.05, 3.63) is 58.7 Å². The van der Waals surface area contributed by atoms with Crippen molar-refractivity contribution < 1.29 is 27.0 Å². The molecule has 1 fully saturated rings. The second-order valence-corrected chi connectivity index (χ2v) is 7.64. The van der Waals surface area contributed by atoms with Gasteiger partial charge in [0.05, 0.1) is 18.8 Å². The molecule has 0 aromatic heterocycles. The molecule has 6 heteroatoms. The summed E-state index contributed by atoms with van der Waals surface area (Å²) in [6.07, 6.45) is 3.80. The zero-order valence-electron chi connectivity index (χ0n) is 16.7. The lowest BCUT2D eigenvalue weighted by atomic mass is 9.99. The van der Waals surface area contributed by atoms with Gasteiger partial charge in [0.25, 0.3) is 0 Å². The molecular weight excluding hydrogens is 384 g/mol. The van der Waals surface area contributed by atoms with E-state index in [1.54, 1.807) is 0 Å². The second-order valence-electron chi connectivity index (χ2n) is 7.64. The van der Waals surface area contributed by atoms with Crippen LogP contribution in [0.2, 0.25) is 0 Å². The first-order valence-electron chi connectivity index (χ1n) is 10.1. The monoisotopic (exact) mass is 410 g/mol. The molecule has 0 spiro atoms. The molecule has 2 aromatic rings. The van der Waals surface area contributed by atoms with Gasteiger partial charge in [-0.25, -0.2) is 17.6 Å². The van der Waals surface area contributed by atoms with Gasteiger partial charge in [0.15, 0.2) is 6.29 Å². The highest BCUT2D eigenvalue weighted by Crippen LogP contribution is 2.30. The molecule has 1 heterocycles. The Bertz CT molecular complexity index is 799. The maximum absolute atomic E-state index is 14.5. The zero-order chi connectivity index (χ0) is 21.0. The number of halogens is 4. The molecule has 0 unspecified atom stereocenters. The van der Waals surface area contributed by atoms with Crippen molar-refractivity contribution in [2.75, 3.05) is 13.2 Å². The summed E-state index contributed by atoms with van der Waals surface area (Å²) >= 11 is 0. The van der Waals surface area contributed by atoms with Crippen LogP contribution in [0.5, 0.6) is 0 Å². The Balaban J connectivity index is 1.64. The van der Waals surface area contributed by atoms with Crippen LogP contribution in [0.25, 0.3) is 11.1 Å². The molecule has 0 bridgehead atoms. The zero-order valence-corrected chi connectivity index (χ0v) is 16.7. The van der Waals surface area contributed by atoms with E-state index in [2.05, 4.69) is 6.92 Å². The Morgan fingerprint density at radius 3 is 2.00 bits per heavy atom. The molecule has 0 aliphatic carbocycles. The standard InChI is InChI=1S/C23H26F4O2/c1-3-4-5-16-12-28-22(29-13-16)7-6-15-8-20(26)23(21(27)9-15)17-10-18(24)14(2)19(25)11-17/h8-11,16,22H,3-7,12-13H2,1-2H3. The third-order valence-electron chi connectivity index (χ3n) is 5.34. The van der Waals surface area contributed by atoms with Crippen molar-refractivity contribution >= 4 is 0 Å². The predicted octanol–water partition coefficient (Wildman–Crippen LogP) is 6.33. The van der Waals surface area contributed by atoms with E-state index in [0.717, 1.165) is 31.4 Å². The van der Waals surface area contributed by atoms with Crippen LogP contribution in [0, 0.1) is 36.1 Å². The predicted molar refractivity (Wildman–Crippen MR) is 103 cm³/mol. The molecule has 158 valence electrons. The lowest BCUT2D eigenvalue weighted by Crippen LogP contribution is -2.32. The average Bonchev–Trinajstić information content (AvgIpc) is 2.69. The van der Waals surface area contributed by atoms with E-state index >= 15 is 0 Å². The van der Waals surface area contributed by atoms with Crippen LogP contribution in [-0.4, -0.2) is 19.5 Å². The molecule has 1 aliphatic rings. The van der Waals surface area contributed by atoms with Crippen molar-refractivity contribution in [3.8, 4) is 11.1 Å². The van der Waals surface area contributed by atoms with Gasteiger partial charge in [0.1, 0.15) is 23.3 Å². The minimum absolute atomic E-state index is 0.163. The van der Waals surface area contributed by atoms with Crippen molar-refractivity contribution in [3.63, 3.8) is 0 Å². The Labute approximate surface area is 168 Å². The highest BCUT2D eigenvalue weighted by Gasteiger charge is 2.22. The first-order valence-corrected chi connectivity index (χ1v) is 10.1. The van der Waals surface area contributed by atoms with Gasteiger partial charge in [0, 0.05) is 17.9 Å². The molecule has 0 saturated carbocycles. The smallest absolute Gasteiger partial charge is 0.157 e. The third kappa shape index (κ3) is 5.37. The number of rotatable bonds is 7. The summed E-state index contributed by atoms with van der Waals surface area (Å²) in [5.74, 6) is -2.99. The van der Waals surface area contributed by atoms with Gasteiger partial charge in [-0.2, -0.15) is 0 Å². The van der Waals surface area contributed by atoms with Gasteiger partial charge in [-0.3, -0.25) is 0 Å². The van der Waals surface area contributed by atoms with E-state index in [-0.39, 0.29) is 17.4 Å². The van der Waals surface area contributed by atoms with Crippen molar-refractivity contribution in [2.24, 2.45) is 5.92 Å². The molecule has 1 saturated heterocycles. The normalized spacial score (nSPS) is 19.5. The number of aryl methyl sites for hydroxylation is 1. The number of unbranched alkanes of at least 4 members (excludes halogenated alkanes) is 1. The number of hydrogen-bond donors (Lipinski definition) is 0. The Morgan fingerprint density at radius 1 is 0.862 bits per heavy atom. The summed E-state index contributed by atoms with van der Waals surface area (Å²) in [4.78, 5) is 0. The van der Waals surface area contributed by atoms with Crippen LogP contribution in [0.1, 0.15) is 43.7 Å². The van der Waals surface area contributed by atoms with Gasteiger partial charge in [0.2, 0.25) is 0 Å². The summed E-state index contributed by atoms with van der Waals surface area (Å²) in [5.41, 5.74) is -0.340. The minimum atomic E-state index is -0.854. The van der Waals surface area contributed by atoms with Gasteiger partial charge < -0.3 is 9.47 Å². The largest absolute Gasteiger partial charge is 0.352 e. The fraction of sp³-hybridized carbons (Fsp3) is 0.478. The van der Waals surface area contributed by atoms with E-state index in [9.17, 15) is 17.6 Å². The fourth-order valence-corrected chi connectivity index (χ4v) is 3.53. The SMILES string of the molecule is CCCCC1COC(CCc2cc(F)c(-c3cc(F)c(C)c(F)c3)c(F)c2)OC1. The molecule has 3 rings (SSSR count). The van der Waals surface area contributed by atoms with E-state index in [4.69, 9.17) is 9.47 Å². The summed E-state index contributed by atoms with van der Waals surface area (Å²) in [6, 6.07) is 4.28. The number of hydrogen-bond acceptors (Lipinski definition) is 2. The highest BCUT2D eigenvalue weighted by atomic mass is 19.1. The van der Waals surface area contributed by atoms with Crippen molar-refractivity contribution in [1.82, 2.24) is 0 Å². The Hall–Kier alpha value is -1.92. The second kappa shape index (κ2) is 9.72. The maximum atomic E-state index is 14.5. The molecule has 0 N–H and O–H groups in total. The van der Waals surface area contributed by atoms with E-state index in [0.29, 0.717) is 37.5 Å². The lowest BCUT2D eigenvalue weighted by molar-refractivity contribution is -0.203. The minimum Gasteiger partial charge on any atom is -0.352 e. The molecule has 2 aromatic carbocycles. The van der Waals surface area contributed by atoms with Gasteiger partial charge >= 0.3 is 0 Å². The Kier molecular flexibility index (Phi) is 7.30. The summed E-state index contributed by atoms with van der Waals surface area (Å²) in [7, 11) is 0. The summed E-state index contributed by atoms with van der Waals surface area (Å²) < 4.78 is 68.1.